The minimum atomic E-state index is -1.03. The van der Waals surface area contributed by atoms with Gasteiger partial charge < -0.3 is 5.11 Å². The Morgan fingerprint density at radius 3 is 2.61 bits per heavy atom. The van der Waals surface area contributed by atoms with Gasteiger partial charge in [0.05, 0.1) is 0 Å². The molecule has 0 aliphatic rings. The number of aromatic nitrogens is 2. The smallest absolute Gasteiger partial charge is 0.339 e. The molecule has 1 aromatic carbocycles. The summed E-state index contributed by atoms with van der Waals surface area (Å²) in [4.78, 5) is 11.2. The topological polar surface area (TPSA) is 55.1 Å². The van der Waals surface area contributed by atoms with E-state index in [1.807, 2.05) is 6.92 Å². The fourth-order valence-electron chi connectivity index (χ4n) is 1.74. The summed E-state index contributed by atoms with van der Waals surface area (Å²) in [7, 11) is 0. The average Bonchev–Trinajstić information content (AvgIpc) is 2.75. The van der Waals surface area contributed by atoms with E-state index in [1.165, 1.54) is 30.5 Å². The number of halogens is 1. The number of aromatic carboxylic acids is 1. The van der Waals surface area contributed by atoms with Crippen LogP contribution >= 0.6 is 0 Å². The van der Waals surface area contributed by atoms with Crippen LogP contribution in [0, 0.1) is 5.82 Å². The van der Waals surface area contributed by atoms with Gasteiger partial charge in [-0.2, -0.15) is 5.10 Å². The number of carbonyl (C=O) groups is 1. The molecule has 5 heteroatoms. The van der Waals surface area contributed by atoms with Crippen LogP contribution in [-0.2, 0) is 6.54 Å². The maximum absolute atomic E-state index is 12.8. The van der Waals surface area contributed by atoms with Gasteiger partial charge in [-0.15, -0.1) is 0 Å². The average molecular weight is 248 g/mol. The summed E-state index contributed by atoms with van der Waals surface area (Å²) in [5, 5.41) is 13.4. The van der Waals surface area contributed by atoms with E-state index in [0.717, 1.165) is 6.42 Å². The van der Waals surface area contributed by atoms with Gasteiger partial charge in [-0.25, -0.2) is 9.18 Å². The van der Waals surface area contributed by atoms with E-state index in [1.54, 1.807) is 4.68 Å². The van der Waals surface area contributed by atoms with E-state index in [0.29, 0.717) is 17.8 Å². The number of hydrogen-bond acceptors (Lipinski definition) is 2. The van der Waals surface area contributed by atoms with E-state index >= 15 is 0 Å². The van der Waals surface area contributed by atoms with E-state index < -0.39 is 5.97 Å². The van der Waals surface area contributed by atoms with Crippen LogP contribution < -0.4 is 0 Å². The first kappa shape index (κ1) is 12.3. The Hall–Kier alpha value is -2.17. The van der Waals surface area contributed by atoms with Crippen molar-refractivity contribution < 1.29 is 14.3 Å². The molecule has 0 amide bonds. The van der Waals surface area contributed by atoms with Crippen molar-refractivity contribution in [1.82, 2.24) is 9.78 Å². The Morgan fingerprint density at radius 2 is 2.06 bits per heavy atom. The first-order chi connectivity index (χ1) is 8.61. The lowest BCUT2D eigenvalue weighted by atomic mass is 10.1. The molecule has 0 spiro atoms. The Bertz CT molecular complexity index is 561. The Morgan fingerprint density at radius 1 is 1.39 bits per heavy atom. The molecule has 0 aliphatic carbocycles. The van der Waals surface area contributed by atoms with Crippen molar-refractivity contribution in [3.05, 3.63) is 41.8 Å². The predicted octanol–water partition coefficient (Wildman–Crippen LogP) is 2.80. The zero-order chi connectivity index (χ0) is 13.1. The van der Waals surface area contributed by atoms with Crippen LogP contribution in [-0.4, -0.2) is 20.9 Å². The number of aryl methyl sites for hydroxylation is 1. The molecule has 94 valence electrons. The van der Waals surface area contributed by atoms with Gasteiger partial charge in [0.1, 0.15) is 17.1 Å². The largest absolute Gasteiger partial charge is 0.478 e. The highest BCUT2D eigenvalue weighted by Crippen LogP contribution is 2.22. The van der Waals surface area contributed by atoms with Crippen molar-refractivity contribution in [2.24, 2.45) is 0 Å². The number of hydrogen-bond donors (Lipinski definition) is 1. The monoisotopic (exact) mass is 248 g/mol. The van der Waals surface area contributed by atoms with Crippen LogP contribution in [0.1, 0.15) is 23.7 Å². The zero-order valence-electron chi connectivity index (χ0n) is 9.93. The number of rotatable bonds is 4. The highest BCUT2D eigenvalue weighted by molar-refractivity contribution is 5.94. The highest BCUT2D eigenvalue weighted by atomic mass is 19.1. The molecule has 1 aromatic heterocycles. The second-order valence-corrected chi connectivity index (χ2v) is 3.97. The minimum absolute atomic E-state index is 0.134. The van der Waals surface area contributed by atoms with Crippen molar-refractivity contribution >= 4 is 5.97 Å². The van der Waals surface area contributed by atoms with Gasteiger partial charge in [0, 0.05) is 18.3 Å². The normalized spacial score (nSPS) is 10.6. The van der Waals surface area contributed by atoms with Gasteiger partial charge >= 0.3 is 5.97 Å². The molecule has 0 radical (unpaired) electrons. The molecule has 1 heterocycles. The lowest BCUT2D eigenvalue weighted by Crippen LogP contribution is -1.97. The van der Waals surface area contributed by atoms with Crippen LogP contribution in [0.5, 0.6) is 0 Å². The second-order valence-electron chi connectivity index (χ2n) is 3.97. The summed E-state index contributed by atoms with van der Waals surface area (Å²) in [6.07, 6.45) is 2.37. The number of benzene rings is 1. The van der Waals surface area contributed by atoms with Crippen LogP contribution in [0.4, 0.5) is 4.39 Å². The number of carboxylic acid groups (broad SMARTS) is 1. The third-order valence-corrected chi connectivity index (χ3v) is 2.56. The van der Waals surface area contributed by atoms with Gasteiger partial charge in [-0.3, -0.25) is 4.68 Å². The third kappa shape index (κ3) is 2.40. The lowest BCUT2D eigenvalue weighted by molar-refractivity contribution is 0.0697. The molecule has 0 aliphatic heterocycles. The van der Waals surface area contributed by atoms with Gasteiger partial charge in [0.25, 0.3) is 0 Å². The first-order valence-corrected chi connectivity index (χ1v) is 5.68. The van der Waals surface area contributed by atoms with E-state index in [4.69, 9.17) is 5.11 Å². The summed E-state index contributed by atoms with van der Waals surface area (Å²) in [5.41, 5.74) is 1.11. The SMILES string of the molecule is CCCn1cc(C(=O)O)c(-c2ccc(F)cc2)n1. The van der Waals surface area contributed by atoms with Gasteiger partial charge in [-0.05, 0) is 30.7 Å². The Kier molecular flexibility index (Phi) is 3.41. The molecule has 4 nitrogen and oxygen atoms in total. The molecule has 0 saturated heterocycles. The van der Waals surface area contributed by atoms with Crippen LogP contribution in [0.25, 0.3) is 11.3 Å². The first-order valence-electron chi connectivity index (χ1n) is 5.68. The fourth-order valence-corrected chi connectivity index (χ4v) is 1.74. The van der Waals surface area contributed by atoms with Crippen LogP contribution in [0.3, 0.4) is 0 Å². The van der Waals surface area contributed by atoms with Gasteiger partial charge in [0.15, 0.2) is 0 Å². The van der Waals surface area contributed by atoms with Crippen molar-refractivity contribution in [1.29, 1.82) is 0 Å². The molecule has 2 rings (SSSR count). The number of nitrogens with zero attached hydrogens (tertiary/aromatic N) is 2. The molecule has 2 aromatic rings. The van der Waals surface area contributed by atoms with Crippen molar-refractivity contribution in [2.75, 3.05) is 0 Å². The molecule has 0 saturated carbocycles. The molecule has 0 bridgehead atoms. The van der Waals surface area contributed by atoms with Gasteiger partial charge in [-0.1, -0.05) is 6.92 Å². The molecular weight excluding hydrogens is 235 g/mol. The summed E-state index contributed by atoms with van der Waals surface area (Å²) in [5.74, 6) is -1.39. The standard InChI is InChI=1S/C13H13FN2O2/c1-2-7-16-8-11(13(17)18)12(15-16)9-3-5-10(14)6-4-9/h3-6,8H,2,7H2,1H3,(H,17,18). The fraction of sp³-hybridized carbons (Fsp3) is 0.231. The molecular formula is C13H13FN2O2. The summed E-state index contributed by atoms with van der Waals surface area (Å²) in [6.45, 7) is 2.64. The Balaban J connectivity index is 2.47. The molecule has 0 atom stereocenters. The summed E-state index contributed by atoms with van der Waals surface area (Å²) in [6, 6.07) is 5.64. The maximum Gasteiger partial charge on any atom is 0.339 e. The van der Waals surface area contributed by atoms with Crippen LogP contribution in [0.2, 0.25) is 0 Å². The minimum Gasteiger partial charge on any atom is -0.478 e. The predicted molar refractivity (Wildman–Crippen MR) is 64.9 cm³/mol. The van der Waals surface area contributed by atoms with E-state index in [9.17, 15) is 9.18 Å². The molecule has 0 unspecified atom stereocenters. The van der Waals surface area contributed by atoms with Crippen molar-refractivity contribution in [3.63, 3.8) is 0 Å². The number of carboxylic acids is 1. The van der Waals surface area contributed by atoms with Crippen molar-refractivity contribution in [3.8, 4) is 11.3 Å². The second kappa shape index (κ2) is 5.00. The molecule has 18 heavy (non-hydrogen) atoms. The van der Waals surface area contributed by atoms with Crippen molar-refractivity contribution in [2.45, 2.75) is 19.9 Å². The van der Waals surface area contributed by atoms with E-state index in [2.05, 4.69) is 5.10 Å². The zero-order valence-corrected chi connectivity index (χ0v) is 9.93. The summed E-state index contributed by atoms with van der Waals surface area (Å²) < 4.78 is 14.4. The molecule has 0 fully saturated rings. The third-order valence-electron chi connectivity index (χ3n) is 2.56. The lowest BCUT2D eigenvalue weighted by Gasteiger charge is -1.99. The summed E-state index contributed by atoms with van der Waals surface area (Å²) >= 11 is 0. The maximum atomic E-state index is 12.8. The van der Waals surface area contributed by atoms with Crippen LogP contribution in [0.15, 0.2) is 30.5 Å². The quantitative estimate of drug-likeness (QED) is 0.905. The molecule has 1 N–H and O–H groups in total. The van der Waals surface area contributed by atoms with Gasteiger partial charge in [0.2, 0.25) is 0 Å². The Labute approximate surface area is 104 Å². The van der Waals surface area contributed by atoms with E-state index in [-0.39, 0.29) is 11.4 Å². The highest BCUT2D eigenvalue weighted by Gasteiger charge is 2.16.